The van der Waals surface area contributed by atoms with Gasteiger partial charge in [0.15, 0.2) is 0 Å². The average Bonchev–Trinajstić information content (AvgIpc) is 3.07. The Hall–Kier alpha value is -3.41. The average molecular weight is 387 g/mol. The molecule has 0 spiro atoms. The van der Waals surface area contributed by atoms with Crippen molar-refractivity contribution in [2.24, 2.45) is 0 Å². The number of aromatic nitrogens is 3. The number of amides is 1. The molecule has 6 nitrogen and oxygen atoms in total. The van der Waals surface area contributed by atoms with Gasteiger partial charge in [0.05, 0.1) is 11.4 Å². The quantitative estimate of drug-likeness (QED) is 0.645. The minimum Gasteiger partial charge on any atom is -0.368 e. The predicted octanol–water partition coefficient (Wildman–Crippen LogP) is 3.25. The van der Waals surface area contributed by atoms with Crippen molar-refractivity contribution in [1.29, 1.82) is 0 Å². The number of aryl methyl sites for hydroxylation is 1. The number of hydrogen-bond acceptors (Lipinski definition) is 4. The van der Waals surface area contributed by atoms with E-state index in [0.29, 0.717) is 13.1 Å². The van der Waals surface area contributed by atoms with E-state index < -0.39 is 0 Å². The van der Waals surface area contributed by atoms with Crippen LogP contribution in [-0.2, 0) is 4.79 Å². The molecule has 6 heteroatoms. The van der Waals surface area contributed by atoms with Crippen LogP contribution >= 0.6 is 0 Å². The Morgan fingerprint density at radius 3 is 2.31 bits per heavy atom. The third kappa shape index (κ3) is 4.06. The molecule has 1 saturated heterocycles. The summed E-state index contributed by atoms with van der Waals surface area (Å²) in [6.45, 7) is 7.09. The van der Waals surface area contributed by atoms with Gasteiger partial charge < -0.3 is 9.80 Å². The van der Waals surface area contributed by atoms with E-state index in [1.54, 1.807) is 18.5 Å². The highest BCUT2D eigenvalue weighted by atomic mass is 16.2. The molecule has 1 amide bonds. The van der Waals surface area contributed by atoms with Crippen LogP contribution in [0.15, 0.2) is 60.9 Å². The number of piperazine rings is 1. The van der Waals surface area contributed by atoms with Crippen LogP contribution < -0.4 is 4.90 Å². The Bertz CT molecular complexity index is 1000. The number of benzene rings is 1. The molecule has 1 fully saturated rings. The second-order valence-corrected chi connectivity index (χ2v) is 7.18. The van der Waals surface area contributed by atoms with Crippen molar-refractivity contribution in [3.05, 3.63) is 77.9 Å². The number of hydrogen-bond donors (Lipinski definition) is 0. The maximum atomic E-state index is 12.7. The molecular weight excluding hydrogens is 362 g/mol. The summed E-state index contributed by atoms with van der Waals surface area (Å²) in [5.41, 5.74) is 5.12. The van der Waals surface area contributed by atoms with E-state index >= 15 is 0 Å². The van der Waals surface area contributed by atoms with Crippen LogP contribution in [0.5, 0.6) is 0 Å². The van der Waals surface area contributed by atoms with Gasteiger partial charge in [0.25, 0.3) is 0 Å². The smallest absolute Gasteiger partial charge is 0.246 e. The summed E-state index contributed by atoms with van der Waals surface area (Å²) in [5.74, 6) is 0.0469. The van der Waals surface area contributed by atoms with Crippen LogP contribution in [0.3, 0.4) is 0 Å². The van der Waals surface area contributed by atoms with Gasteiger partial charge in [0.1, 0.15) is 0 Å². The van der Waals surface area contributed by atoms with Gasteiger partial charge in [0.2, 0.25) is 5.91 Å². The number of carbonyl (C=O) groups excluding carboxylic acids is 1. The van der Waals surface area contributed by atoms with Crippen molar-refractivity contribution < 1.29 is 4.79 Å². The molecule has 0 saturated carbocycles. The molecule has 2 aromatic heterocycles. The highest BCUT2D eigenvalue weighted by Gasteiger charge is 2.20. The molecule has 3 aromatic rings. The van der Waals surface area contributed by atoms with Crippen LogP contribution in [-0.4, -0.2) is 51.8 Å². The largest absolute Gasteiger partial charge is 0.368 e. The molecule has 0 N–H and O–H groups in total. The zero-order chi connectivity index (χ0) is 20.2. The van der Waals surface area contributed by atoms with Crippen LogP contribution in [0.25, 0.3) is 11.8 Å². The normalized spacial score (nSPS) is 14.6. The molecule has 0 bridgehead atoms. The van der Waals surface area contributed by atoms with Crippen LogP contribution in [0.4, 0.5) is 5.69 Å². The third-order valence-corrected chi connectivity index (χ3v) is 5.36. The Kier molecular flexibility index (Phi) is 5.42. The van der Waals surface area contributed by atoms with E-state index in [2.05, 4.69) is 15.0 Å². The molecule has 4 rings (SSSR count). The van der Waals surface area contributed by atoms with Gasteiger partial charge in [-0.2, -0.15) is 5.10 Å². The summed E-state index contributed by atoms with van der Waals surface area (Å²) in [6, 6.07) is 14.1. The maximum Gasteiger partial charge on any atom is 0.246 e. The molecule has 1 aliphatic heterocycles. The van der Waals surface area contributed by atoms with Gasteiger partial charge >= 0.3 is 0 Å². The van der Waals surface area contributed by atoms with Crippen molar-refractivity contribution in [3.63, 3.8) is 0 Å². The van der Waals surface area contributed by atoms with Gasteiger partial charge in [-0.15, -0.1) is 0 Å². The van der Waals surface area contributed by atoms with E-state index in [1.807, 2.05) is 72.0 Å². The molecule has 1 aliphatic rings. The minimum absolute atomic E-state index is 0.0469. The number of anilines is 1. The summed E-state index contributed by atoms with van der Waals surface area (Å²) < 4.78 is 1.92. The zero-order valence-electron chi connectivity index (χ0n) is 16.8. The van der Waals surface area contributed by atoms with Crippen LogP contribution in [0, 0.1) is 13.8 Å². The lowest BCUT2D eigenvalue weighted by Gasteiger charge is -2.35. The molecule has 3 heterocycles. The van der Waals surface area contributed by atoms with Crippen LogP contribution in [0.1, 0.15) is 17.0 Å². The minimum atomic E-state index is 0.0469. The second-order valence-electron chi connectivity index (χ2n) is 7.18. The summed E-state index contributed by atoms with van der Waals surface area (Å²) >= 11 is 0. The van der Waals surface area contributed by atoms with E-state index in [-0.39, 0.29) is 5.91 Å². The second kappa shape index (κ2) is 8.31. The SMILES string of the molecule is Cc1nn(-c2ccccc2)c(C)c1/C=C/C(=O)N1CCN(c2ccncc2)CC1. The molecule has 1 aromatic carbocycles. The van der Waals surface area contributed by atoms with E-state index in [4.69, 9.17) is 0 Å². The van der Waals surface area contributed by atoms with Crippen LogP contribution in [0.2, 0.25) is 0 Å². The van der Waals surface area contributed by atoms with Crippen molar-refractivity contribution in [3.8, 4) is 5.69 Å². The molecule has 0 unspecified atom stereocenters. The third-order valence-electron chi connectivity index (χ3n) is 5.36. The monoisotopic (exact) mass is 387 g/mol. The number of nitrogens with zero attached hydrogens (tertiary/aromatic N) is 5. The lowest BCUT2D eigenvalue weighted by Crippen LogP contribution is -2.48. The van der Waals surface area contributed by atoms with Crippen molar-refractivity contribution in [2.45, 2.75) is 13.8 Å². The Morgan fingerprint density at radius 1 is 0.931 bits per heavy atom. The summed E-state index contributed by atoms with van der Waals surface area (Å²) in [6.07, 6.45) is 7.18. The van der Waals surface area contributed by atoms with Gasteiger partial charge in [-0.1, -0.05) is 18.2 Å². The standard InChI is InChI=1S/C23H25N5O/c1-18-22(19(2)28(25-18)21-6-4-3-5-7-21)8-9-23(29)27-16-14-26(15-17-27)20-10-12-24-13-11-20/h3-13H,14-17H2,1-2H3/b9-8+. The van der Waals surface area contributed by atoms with Crippen molar-refractivity contribution >= 4 is 17.7 Å². The zero-order valence-corrected chi connectivity index (χ0v) is 16.8. The van der Waals surface area contributed by atoms with Gasteiger partial charge in [-0.05, 0) is 44.2 Å². The first-order chi connectivity index (χ1) is 14.1. The fraction of sp³-hybridized carbons (Fsp3) is 0.261. The first-order valence-corrected chi connectivity index (χ1v) is 9.87. The summed E-state index contributed by atoms with van der Waals surface area (Å²) in [5, 5.41) is 4.64. The first-order valence-electron chi connectivity index (χ1n) is 9.87. The maximum absolute atomic E-state index is 12.7. The highest BCUT2D eigenvalue weighted by Crippen LogP contribution is 2.20. The van der Waals surface area contributed by atoms with E-state index in [1.165, 1.54) is 0 Å². The molecule has 29 heavy (non-hydrogen) atoms. The Morgan fingerprint density at radius 2 is 1.62 bits per heavy atom. The Labute approximate surface area is 171 Å². The van der Waals surface area contributed by atoms with Crippen molar-refractivity contribution in [2.75, 3.05) is 31.1 Å². The van der Waals surface area contributed by atoms with Crippen molar-refractivity contribution in [1.82, 2.24) is 19.7 Å². The number of pyridine rings is 1. The number of para-hydroxylation sites is 1. The fourth-order valence-electron chi connectivity index (χ4n) is 3.72. The topological polar surface area (TPSA) is 54.3 Å². The molecular formula is C23H25N5O. The molecule has 0 aliphatic carbocycles. The number of rotatable bonds is 4. The highest BCUT2D eigenvalue weighted by molar-refractivity contribution is 5.92. The molecule has 0 radical (unpaired) electrons. The van der Waals surface area contributed by atoms with Gasteiger partial charge in [0, 0.05) is 61.6 Å². The lowest BCUT2D eigenvalue weighted by atomic mass is 10.1. The molecule has 148 valence electrons. The molecule has 0 atom stereocenters. The lowest BCUT2D eigenvalue weighted by molar-refractivity contribution is -0.126. The summed E-state index contributed by atoms with van der Waals surface area (Å²) in [7, 11) is 0. The Balaban J connectivity index is 1.42. The van der Waals surface area contributed by atoms with Gasteiger partial charge in [-0.3, -0.25) is 9.78 Å². The number of carbonyl (C=O) groups is 1. The van der Waals surface area contributed by atoms with Gasteiger partial charge in [-0.25, -0.2) is 4.68 Å². The van der Waals surface area contributed by atoms with E-state index in [9.17, 15) is 4.79 Å². The fourth-order valence-corrected chi connectivity index (χ4v) is 3.72. The van der Waals surface area contributed by atoms with E-state index in [0.717, 1.165) is 41.4 Å². The summed E-state index contributed by atoms with van der Waals surface area (Å²) in [4.78, 5) is 21.0. The predicted molar refractivity (Wildman–Crippen MR) is 115 cm³/mol. The first kappa shape index (κ1) is 18.9.